The first-order valence-electron chi connectivity index (χ1n) is 5.29. The van der Waals surface area contributed by atoms with Crippen LogP contribution in [-0.4, -0.2) is 27.0 Å². The first kappa shape index (κ1) is 13.5. The van der Waals surface area contributed by atoms with Gasteiger partial charge in [-0.2, -0.15) is 4.39 Å². The number of carboxylic acid groups (broad SMARTS) is 1. The Balaban J connectivity index is 2.26. The number of rotatable bonds is 3. The normalized spacial score (nSPS) is 10.1. The molecular formula is C12H7F2N3O3. The number of amides is 1. The van der Waals surface area contributed by atoms with Crippen LogP contribution in [0.2, 0.25) is 0 Å². The zero-order valence-electron chi connectivity index (χ0n) is 9.80. The summed E-state index contributed by atoms with van der Waals surface area (Å²) in [5.74, 6) is -5.04. The van der Waals surface area contributed by atoms with Crippen molar-refractivity contribution in [3.05, 3.63) is 53.5 Å². The molecule has 20 heavy (non-hydrogen) atoms. The number of halogens is 2. The van der Waals surface area contributed by atoms with Crippen molar-refractivity contribution in [3.63, 3.8) is 0 Å². The lowest BCUT2D eigenvalue weighted by atomic mass is 10.2. The van der Waals surface area contributed by atoms with E-state index in [1.165, 1.54) is 12.3 Å². The average molecular weight is 279 g/mol. The van der Waals surface area contributed by atoms with Crippen LogP contribution >= 0.6 is 0 Å². The van der Waals surface area contributed by atoms with Gasteiger partial charge < -0.3 is 10.4 Å². The summed E-state index contributed by atoms with van der Waals surface area (Å²) < 4.78 is 26.2. The van der Waals surface area contributed by atoms with Gasteiger partial charge in [-0.05, 0) is 18.2 Å². The number of aromatic carboxylic acids is 1. The number of anilines is 1. The van der Waals surface area contributed by atoms with Crippen molar-refractivity contribution in [2.45, 2.75) is 0 Å². The fourth-order valence-electron chi connectivity index (χ4n) is 1.41. The molecule has 0 atom stereocenters. The molecule has 8 heteroatoms. The highest BCUT2D eigenvalue weighted by Crippen LogP contribution is 2.12. The summed E-state index contributed by atoms with van der Waals surface area (Å²) in [6.45, 7) is 0. The molecule has 0 spiro atoms. The highest BCUT2D eigenvalue weighted by atomic mass is 19.2. The second-order valence-electron chi connectivity index (χ2n) is 3.65. The van der Waals surface area contributed by atoms with Crippen LogP contribution in [0, 0.1) is 11.8 Å². The first-order valence-corrected chi connectivity index (χ1v) is 5.29. The maximum Gasteiger partial charge on any atom is 0.335 e. The molecule has 2 rings (SSSR count). The van der Waals surface area contributed by atoms with Gasteiger partial charge >= 0.3 is 5.97 Å². The summed E-state index contributed by atoms with van der Waals surface area (Å²) in [6, 6.07) is 3.31. The van der Waals surface area contributed by atoms with Crippen molar-refractivity contribution in [1.29, 1.82) is 0 Å². The molecule has 0 aliphatic heterocycles. The molecule has 0 saturated heterocycles. The second-order valence-corrected chi connectivity index (χ2v) is 3.65. The van der Waals surface area contributed by atoms with E-state index in [0.717, 1.165) is 18.3 Å². The molecule has 0 aliphatic carbocycles. The summed E-state index contributed by atoms with van der Waals surface area (Å²) in [5.41, 5.74) is -0.656. The van der Waals surface area contributed by atoms with Gasteiger partial charge in [0.1, 0.15) is 5.82 Å². The SMILES string of the molecule is O=C(O)c1ccnc(NC(=O)c2ccnc(F)c2F)c1. The van der Waals surface area contributed by atoms with Crippen molar-refractivity contribution < 1.29 is 23.5 Å². The Morgan fingerprint density at radius 3 is 2.55 bits per heavy atom. The third-order valence-corrected chi connectivity index (χ3v) is 2.34. The predicted molar refractivity (Wildman–Crippen MR) is 63.3 cm³/mol. The molecule has 6 nitrogen and oxygen atoms in total. The summed E-state index contributed by atoms with van der Waals surface area (Å²) in [6.07, 6.45) is 2.11. The van der Waals surface area contributed by atoms with Gasteiger partial charge in [-0.1, -0.05) is 0 Å². The van der Waals surface area contributed by atoms with Crippen molar-refractivity contribution in [1.82, 2.24) is 9.97 Å². The summed E-state index contributed by atoms with van der Waals surface area (Å²) in [7, 11) is 0. The molecule has 0 unspecified atom stereocenters. The zero-order chi connectivity index (χ0) is 14.7. The number of aromatic nitrogens is 2. The molecule has 102 valence electrons. The monoisotopic (exact) mass is 279 g/mol. The van der Waals surface area contributed by atoms with E-state index in [1.54, 1.807) is 0 Å². The number of hydrogen-bond donors (Lipinski definition) is 2. The first-order chi connectivity index (χ1) is 9.49. The van der Waals surface area contributed by atoms with Crippen molar-refractivity contribution in [2.24, 2.45) is 0 Å². The van der Waals surface area contributed by atoms with Gasteiger partial charge in [0, 0.05) is 12.4 Å². The highest BCUT2D eigenvalue weighted by Gasteiger charge is 2.17. The van der Waals surface area contributed by atoms with E-state index in [0.29, 0.717) is 0 Å². The molecule has 2 N–H and O–H groups in total. The number of hydrogen-bond acceptors (Lipinski definition) is 4. The molecule has 0 radical (unpaired) electrons. The number of carboxylic acids is 1. The highest BCUT2D eigenvalue weighted by molar-refractivity contribution is 6.04. The van der Waals surface area contributed by atoms with E-state index < -0.39 is 29.2 Å². The smallest absolute Gasteiger partial charge is 0.335 e. The molecule has 0 aromatic carbocycles. The van der Waals surface area contributed by atoms with E-state index in [-0.39, 0.29) is 11.4 Å². The molecule has 0 bridgehead atoms. The lowest BCUT2D eigenvalue weighted by Crippen LogP contribution is -2.16. The van der Waals surface area contributed by atoms with Crippen LogP contribution in [0.3, 0.4) is 0 Å². The maximum absolute atomic E-state index is 13.3. The van der Waals surface area contributed by atoms with Crippen LogP contribution in [-0.2, 0) is 0 Å². The van der Waals surface area contributed by atoms with Crippen molar-refractivity contribution >= 4 is 17.7 Å². The second kappa shape index (κ2) is 5.39. The Hall–Kier alpha value is -2.90. The van der Waals surface area contributed by atoms with Crippen molar-refractivity contribution in [3.8, 4) is 0 Å². The topological polar surface area (TPSA) is 92.2 Å². The Morgan fingerprint density at radius 1 is 1.15 bits per heavy atom. The van der Waals surface area contributed by atoms with Crippen LogP contribution in [0.5, 0.6) is 0 Å². The molecule has 2 aromatic rings. The molecular weight excluding hydrogens is 272 g/mol. The van der Waals surface area contributed by atoms with Gasteiger partial charge in [-0.15, -0.1) is 0 Å². The van der Waals surface area contributed by atoms with E-state index in [1.807, 2.05) is 0 Å². The largest absolute Gasteiger partial charge is 0.478 e. The Labute approximate surface area is 111 Å². The average Bonchev–Trinajstić information content (AvgIpc) is 2.42. The van der Waals surface area contributed by atoms with Crippen LogP contribution in [0.4, 0.5) is 14.6 Å². The molecule has 0 fully saturated rings. The minimum atomic E-state index is -1.40. The van der Waals surface area contributed by atoms with Crippen LogP contribution in [0.1, 0.15) is 20.7 Å². The molecule has 0 saturated carbocycles. The Kier molecular flexibility index (Phi) is 3.65. The number of carbonyl (C=O) groups excluding carboxylic acids is 1. The lowest BCUT2D eigenvalue weighted by Gasteiger charge is -2.05. The minimum Gasteiger partial charge on any atom is -0.478 e. The van der Waals surface area contributed by atoms with Gasteiger partial charge in [0.25, 0.3) is 5.91 Å². The quantitative estimate of drug-likeness (QED) is 0.834. The third kappa shape index (κ3) is 2.74. The maximum atomic E-state index is 13.3. The number of nitrogens with zero attached hydrogens (tertiary/aromatic N) is 2. The summed E-state index contributed by atoms with van der Waals surface area (Å²) in [4.78, 5) is 29.2. The van der Waals surface area contributed by atoms with Crippen LogP contribution in [0.15, 0.2) is 30.6 Å². The molecule has 2 aromatic heterocycles. The molecule has 1 amide bonds. The Morgan fingerprint density at radius 2 is 1.85 bits per heavy atom. The summed E-state index contributed by atoms with van der Waals surface area (Å²) >= 11 is 0. The summed E-state index contributed by atoms with van der Waals surface area (Å²) in [5, 5.41) is 11.0. The molecule has 2 heterocycles. The van der Waals surface area contributed by atoms with Gasteiger partial charge in [0.2, 0.25) is 5.95 Å². The zero-order valence-corrected chi connectivity index (χ0v) is 9.80. The molecule has 0 aliphatic rings. The fraction of sp³-hybridized carbons (Fsp3) is 0. The number of nitrogens with one attached hydrogen (secondary N) is 1. The van der Waals surface area contributed by atoms with Gasteiger partial charge in [0.15, 0.2) is 5.82 Å². The Bertz CT molecular complexity index is 691. The predicted octanol–water partition coefficient (Wildman–Crippen LogP) is 1.71. The van der Waals surface area contributed by atoms with Gasteiger partial charge in [-0.3, -0.25) is 4.79 Å². The van der Waals surface area contributed by atoms with Crippen molar-refractivity contribution in [2.75, 3.05) is 5.32 Å². The van der Waals surface area contributed by atoms with Gasteiger partial charge in [-0.25, -0.2) is 19.2 Å². The number of pyridine rings is 2. The van der Waals surface area contributed by atoms with Gasteiger partial charge in [0.05, 0.1) is 11.1 Å². The van der Waals surface area contributed by atoms with Crippen LogP contribution in [0.25, 0.3) is 0 Å². The van der Waals surface area contributed by atoms with E-state index in [2.05, 4.69) is 15.3 Å². The number of carbonyl (C=O) groups is 2. The lowest BCUT2D eigenvalue weighted by molar-refractivity contribution is 0.0696. The van der Waals surface area contributed by atoms with E-state index >= 15 is 0 Å². The third-order valence-electron chi connectivity index (χ3n) is 2.34. The fourth-order valence-corrected chi connectivity index (χ4v) is 1.41. The standard InChI is InChI=1S/C12H7F2N3O3/c13-9-7(2-4-16-10(9)14)11(18)17-8-5-6(12(19)20)1-3-15-8/h1-5H,(H,19,20)(H,15,17,18). The van der Waals surface area contributed by atoms with E-state index in [4.69, 9.17) is 5.11 Å². The van der Waals surface area contributed by atoms with Crippen LogP contribution < -0.4 is 5.32 Å². The minimum absolute atomic E-state index is 0.0912. The van der Waals surface area contributed by atoms with E-state index in [9.17, 15) is 18.4 Å².